The number of piperidine rings is 1. The molecule has 0 aromatic heterocycles. The van der Waals surface area contributed by atoms with Gasteiger partial charge in [-0.15, -0.1) is 0 Å². The Kier molecular flexibility index (Phi) is 3.64. The van der Waals surface area contributed by atoms with E-state index in [9.17, 15) is 0 Å². The molecule has 0 N–H and O–H groups in total. The van der Waals surface area contributed by atoms with Crippen molar-refractivity contribution in [2.75, 3.05) is 33.2 Å². The van der Waals surface area contributed by atoms with E-state index in [0.29, 0.717) is 5.54 Å². The SMILES string of the molecule is CCCN1CCC2(CC1)c1ccccc1CCN2C. The van der Waals surface area contributed by atoms with Crippen molar-refractivity contribution in [2.45, 2.75) is 38.1 Å². The summed E-state index contributed by atoms with van der Waals surface area (Å²) in [5.41, 5.74) is 3.52. The first-order chi connectivity index (χ1) is 9.26. The molecule has 19 heavy (non-hydrogen) atoms. The highest BCUT2D eigenvalue weighted by Crippen LogP contribution is 2.42. The third-order valence-corrected chi connectivity index (χ3v) is 5.19. The average molecular weight is 258 g/mol. The number of rotatable bonds is 2. The molecule has 1 aromatic rings. The minimum absolute atomic E-state index is 0.319. The van der Waals surface area contributed by atoms with Crippen molar-refractivity contribution in [2.24, 2.45) is 0 Å². The highest BCUT2D eigenvalue weighted by molar-refractivity contribution is 5.37. The Bertz CT molecular complexity index is 433. The largest absolute Gasteiger partial charge is 0.303 e. The van der Waals surface area contributed by atoms with E-state index < -0.39 is 0 Å². The fourth-order valence-electron chi connectivity index (χ4n) is 4.01. The van der Waals surface area contributed by atoms with Gasteiger partial charge in [-0.2, -0.15) is 0 Å². The van der Waals surface area contributed by atoms with Crippen LogP contribution in [-0.2, 0) is 12.0 Å². The van der Waals surface area contributed by atoms with Crippen molar-refractivity contribution in [3.63, 3.8) is 0 Å². The van der Waals surface area contributed by atoms with Gasteiger partial charge in [0.2, 0.25) is 0 Å². The summed E-state index contributed by atoms with van der Waals surface area (Å²) in [5, 5.41) is 0. The number of nitrogens with zero attached hydrogens (tertiary/aromatic N) is 2. The van der Waals surface area contributed by atoms with Gasteiger partial charge in [-0.05, 0) is 50.4 Å². The summed E-state index contributed by atoms with van der Waals surface area (Å²) in [6.07, 6.45) is 5.08. The van der Waals surface area contributed by atoms with Gasteiger partial charge in [-0.1, -0.05) is 31.2 Å². The van der Waals surface area contributed by atoms with Gasteiger partial charge in [-0.3, -0.25) is 4.90 Å². The molecular weight excluding hydrogens is 232 g/mol. The van der Waals surface area contributed by atoms with E-state index >= 15 is 0 Å². The van der Waals surface area contributed by atoms with Gasteiger partial charge < -0.3 is 4.90 Å². The van der Waals surface area contributed by atoms with Crippen LogP contribution in [0.15, 0.2) is 24.3 Å². The van der Waals surface area contributed by atoms with Crippen LogP contribution in [0.1, 0.15) is 37.3 Å². The molecule has 104 valence electrons. The molecule has 3 rings (SSSR count). The van der Waals surface area contributed by atoms with Crippen molar-refractivity contribution < 1.29 is 0 Å². The van der Waals surface area contributed by atoms with Gasteiger partial charge in [0.05, 0.1) is 0 Å². The lowest BCUT2D eigenvalue weighted by Gasteiger charge is -2.51. The van der Waals surface area contributed by atoms with Gasteiger partial charge >= 0.3 is 0 Å². The Labute approximate surface area is 117 Å². The zero-order valence-corrected chi connectivity index (χ0v) is 12.4. The predicted octanol–water partition coefficient (Wildman–Crippen LogP) is 2.88. The third kappa shape index (κ3) is 2.21. The highest BCUT2D eigenvalue weighted by atomic mass is 15.2. The fourth-order valence-corrected chi connectivity index (χ4v) is 4.01. The zero-order chi connectivity index (χ0) is 13.3. The van der Waals surface area contributed by atoms with E-state index in [0.717, 1.165) is 0 Å². The molecule has 2 nitrogen and oxygen atoms in total. The van der Waals surface area contributed by atoms with E-state index in [1.54, 1.807) is 11.1 Å². The molecule has 2 aliphatic heterocycles. The van der Waals surface area contributed by atoms with Crippen LogP contribution in [0.3, 0.4) is 0 Å². The molecule has 0 bridgehead atoms. The predicted molar refractivity (Wildman–Crippen MR) is 80.4 cm³/mol. The van der Waals surface area contributed by atoms with Gasteiger partial charge in [-0.25, -0.2) is 0 Å². The molecule has 0 amide bonds. The van der Waals surface area contributed by atoms with E-state index in [4.69, 9.17) is 0 Å². The summed E-state index contributed by atoms with van der Waals surface area (Å²) < 4.78 is 0. The standard InChI is InChI=1S/C17H26N2/c1-3-11-19-13-9-17(10-14-19)16-7-5-4-6-15(16)8-12-18(17)2/h4-7H,3,8-14H2,1-2H3. The van der Waals surface area contributed by atoms with E-state index in [1.807, 2.05) is 0 Å². The zero-order valence-electron chi connectivity index (χ0n) is 12.4. The third-order valence-electron chi connectivity index (χ3n) is 5.19. The number of fused-ring (bicyclic) bond motifs is 2. The van der Waals surface area contributed by atoms with E-state index in [1.165, 1.54) is 51.9 Å². The van der Waals surface area contributed by atoms with Crippen LogP contribution >= 0.6 is 0 Å². The Morgan fingerprint density at radius 3 is 2.58 bits per heavy atom. The van der Waals surface area contributed by atoms with Gasteiger partial charge in [0.25, 0.3) is 0 Å². The number of likely N-dealkylation sites (N-methyl/N-ethyl adjacent to an activating group) is 1. The minimum atomic E-state index is 0.319. The molecule has 1 saturated heterocycles. The number of benzene rings is 1. The van der Waals surface area contributed by atoms with Crippen LogP contribution in [0.5, 0.6) is 0 Å². The smallest absolute Gasteiger partial charge is 0.0484 e. The summed E-state index contributed by atoms with van der Waals surface area (Å²) in [5.74, 6) is 0. The van der Waals surface area contributed by atoms with Crippen LogP contribution in [0.4, 0.5) is 0 Å². The normalized spacial score (nSPS) is 23.5. The summed E-state index contributed by atoms with van der Waals surface area (Å²) in [4.78, 5) is 5.26. The molecule has 2 heterocycles. The number of hydrogen-bond donors (Lipinski definition) is 0. The van der Waals surface area contributed by atoms with Crippen LogP contribution in [0.25, 0.3) is 0 Å². The topological polar surface area (TPSA) is 6.48 Å². The second-order valence-corrected chi connectivity index (χ2v) is 6.20. The lowest BCUT2D eigenvalue weighted by Crippen LogP contribution is -2.54. The Balaban J connectivity index is 1.87. The molecule has 1 aromatic carbocycles. The lowest BCUT2D eigenvalue weighted by molar-refractivity contribution is 0.0281. The molecule has 0 radical (unpaired) electrons. The maximum absolute atomic E-state index is 2.64. The molecule has 0 unspecified atom stereocenters. The van der Waals surface area contributed by atoms with Crippen LogP contribution < -0.4 is 0 Å². The molecule has 2 aliphatic rings. The van der Waals surface area contributed by atoms with Crippen molar-refractivity contribution in [3.05, 3.63) is 35.4 Å². The van der Waals surface area contributed by atoms with Crippen LogP contribution in [0.2, 0.25) is 0 Å². The molecule has 1 spiro atoms. The lowest BCUT2D eigenvalue weighted by atomic mass is 9.74. The minimum Gasteiger partial charge on any atom is -0.303 e. The van der Waals surface area contributed by atoms with Crippen molar-refractivity contribution in [1.29, 1.82) is 0 Å². The van der Waals surface area contributed by atoms with Gasteiger partial charge in [0.1, 0.15) is 0 Å². The van der Waals surface area contributed by atoms with Crippen LogP contribution in [-0.4, -0.2) is 43.0 Å². The first-order valence-corrected chi connectivity index (χ1v) is 7.78. The summed E-state index contributed by atoms with van der Waals surface area (Å²) in [6, 6.07) is 9.13. The van der Waals surface area contributed by atoms with Gasteiger partial charge in [0.15, 0.2) is 0 Å². The Morgan fingerprint density at radius 2 is 1.84 bits per heavy atom. The fraction of sp³-hybridized carbons (Fsp3) is 0.647. The monoisotopic (exact) mass is 258 g/mol. The average Bonchev–Trinajstić information content (AvgIpc) is 2.46. The Hall–Kier alpha value is -0.860. The Morgan fingerprint density at radius 1 is 1.11 bits per heavy atom. The number of hydrogen-bond acceptors (Lipinski definition) is 2. The van der Waals surface area contributed by atoms with Crippen molar-refractivity contribution in [3.8, 4) is 0 Å². The van der Waals surface area contributed by atoms with Crippen molar-refractivity contribution >= 4 is 0 Å². The summed E-state index contributed by atoms with van der Waals surface area (Å²) >= 11 is 0. The second kappa shape index (κ2) is 5.26. The molecule has 2 heteroatoms. The number of likely N-dealkylation sites (tertiary alicyclic amines) is 1. The van der Waals surface area contributed by atoms with Crippen molar-refractivity contribution in [1.82, 2.24) is 9.80 Å². The summed E-state index contributed by atoms with van der Waals surface area (Å²) in [7, 11) is 2.32. The summed E-state index contributed by atoms with van der Waals surface area (Å²) in [6.45, 7) is 7.28. The molecule has 1 fully saturated rings. The molecule has 0 aliphatic carbocycles. The van der Waals surface area contributed by atoms with Crippen LogP contribution in [0, 0.1) is 0 Å². The molecular formula is C17H26N2. The maximum atomic E-state index is 2.64. The van der Waals surface area contributed by atoms with Gasteiger partial charge in [0, 0.05) is 25.2 Å². The first kappa shape index (κ1) is 13.1. The van der Waals surface area contributed by atoms with E-state index in [2.05, 4.69) is 48.0 Å². The highest BCUT2D eigenvalue weighted by Gasteiger charge is 2.42. The molecule has 0 atom stereocenters. The molecule has 0 saturated carbocycles. The first-order valence-electron chi connectivity index (χ1n) is 7.78. The van der Waals surface area contributed by atoms with E-state index in [-0.39, 0.29) is 0 Å². The quantitative estimate of drug-likeness (QED) is 0.805. The maximum Gasteiger partial charge on any atom is 0.0484 e. The second-order valence-electron chi connectivity index (χ2n) is 6.20.